The first-order valence-corrected chi connectivity index (χ1v) is 8.95. The summed E-state index contributed by atoms with van der Waals surface area (Å²) in [6, 6.07) is 8.86. The van der Waals surface area contributed by atoms with E-state index in [1.807, 2.05) is 17.0 Å². The van der Waals surface area contributed by atoms with E-state index in [0.29, 0.717) is 28.8 Å². The Balaban J connectivity index is 1.76. The van der Waals surface area contributed by atoms with Crippen LogP contribution in [0.2, 0.25) is 0 Å². The number of nitrogens with one attached hydrogen (secondary N) is 1. The molecule has 0 atom stereocenters. The lowest BCUT2D eigenvalue weighted by Crippen LogP contribution is -2.38. The molecule has 1 fully saturated rings. The van der Waals surface area contributed by atoms with Gasteiger partial charge in [-0.3, -0.25) is 9.59 Å². The largest absolute Gasteiger partial charge is 0.340 e. The minimum absolute atomic E-state index is 0.0261. The number of aryl methyl sites for hydroxylation is 1. The maximum absolute atomic E-state index is 12.8. The number of carbonyl (C=O) groups excluding carboxylic acids is 2. The van der Waals surface area contributed by atoms with Gasteiger partial charge in [-0.2, -0.15) is 0 Å². The first kappa shape index (κ1) is 18.0. The smallest absolute Gasteiger partial charge is 0.272 e. The maximum atomic E-state index is 12.8. The molecule has 0 unspecified atom stereocenters. The highest BCUT2D eigenvalue weighted by Crippen LogP contribution is 2.20. The molecule has 0 spiro atoms. The lowest BCUT2D eigenvalue weighted by atomic mass is 9.99. The average Bonchev–Trinajstić information content (AvgIpc) is 2.61. The van der Waals surface area contributed by atoms with Crippen LogP contribution in [0.25, 0.3) is 0 Å². The van der Waals surface area contributed by atoms with Crippen molar-refractivity contribution in [1.29, 1.82) is 0 Å². The van der Waals surface area contributed by atoms with Crippen LogP contribution in [0.15, 0.2) is 30.3 Å². The summed E-state index contributed by atoms with van der Waals surface area (Å²) in [5, 5.41) is 3.18. The van der Waals surface area contributed by atoms with E-state index in [1.54, 1.807) is 25.1 Å². The quantitative estimate of drug-likeness (QED) is 0.851. The molecule has 1 aromatic heterocycles. The summed E-state index contributed by atoms with van der Waals surface area (Å²) in [7, 11) is 0. The van der Waals surface area contributed by atoms with Crippen molar-refractivity contribution in [3.63, 3.8) is 0 Å². The standard InChI is InChI=1S/C20H24N4O2/c1-13-8-10-24(11-9-13)20(26)18-12-19(22-15(3)21-18)23-17-6-4-16(5-7-17)14(2)25/h4-7,12-13H,8-11H2,1-3H3,(H,21,22,23). The van der Waals surface area contributed by atoms with Crippen LogP contribution in [0.3, 0.4) is 0 Å². The molecule has 0 radical (unpaired) electrons. The zero-order valence-electron chi connectivity index (χ0n) is 15.5. The van der Waals surface area contributed by atoms with Crippen molar-refractivity contribution in [2.45, 2.75) is 33.6 Å². The summed E-state index contributed by atoms with van der Waals surface area (Å²) in [6.45, 7) is 7.08. The molecule has 2 aromatic rings. The maximum Gasteiger partial charge on any atom is 0.272 e. The van der Waals surface area contributed by atoms with Gasteiger partial charge in [0.1, 0.15) is 17.3 Å². The van der Waals surface area contributed by atoms with E-state index in [-0.39, 0.29) is 11.7 Å². The molecule has 2 heterocycles. The van der Waals surface area contributed by atoms with Gasteiger partial charge in [0.2, 0.25) is 0 Å². The van der Waals surface area contributed by atoms with Crippen LogP contribution in [-0.2, 0) is 0 Å². The monoisotopic (exact) mass is 352 g/mol. The average molecular weight is 352 g/mol. The van der Waals surface area contributed by atoms with Crippen LogP contribution in [0, 0.1) is 12.8 Å². The summed E-state index contributed by atoms with van der Waals surface area (Å²) < 4.78 is 0. The zero-order chi connectivity index (χ0) is 18.7. The van der Waals surface area contributed by atoms with E-state index in [0.717, 1.165) is 31.6 Å². The Morgan fingerprint density at radius 3 is 2.38 bits per heavy atom. The summed E-state index contributed by atoms with van der Waals surface area (Å²) in [6.07, 6.45) is 2.06. The topological polar surface area (TPSA) is 75.2 Å². The number of hydrogen-bond acceptors (Lipinski definition) is 5. The van der Waals surface area contributed by atoms with E-state index in [1.165, 1.54) is 6.92 Å². The van der Waals surface area contributed by atoms with Crippen LogP contribution in [0.5, 0.6) is 0 Å². The highest BCUT2D eigenvalue weighted by atomic mass is 16.2. The van der Waals surface area contributed by atoms with Crippen molar-refractivity contribution in [3.05, 3.63) is 47.4 Å². The molecule has 3 rings (SSSR count). The van der Waals surface area contributed by atoms with Gasteiger partial charge in [0.05, 0.1) is 0 Å². The Morgan fingerprint density at radius 2 is 1.77 bits per heavy atom. The zero-order valence-corrected chi connectivity index (χ0v) is 15.5. The van der Waals surface area contributed by atoms with Crippen molar-refractivity contribution >= 4 is 23.2 Å². The van der Waals surface area contributed by atoms with E-state index in [4.69, 9.17) is 0 Å². The van der Waals surface area contributed by atoms with Crippen molar-refractivity contribution < 1.29 is 9.59 Å². The molecular formula is C20H24N4O2. The number of likely N-dealkylation sites (tertiary alicyclic amines) is 1. The molecular weight excluding hydrogens is 328 g/mol. The number of nitrogens with zero attached hydrogens (tertiary/aromatic N) is 3. The number of Topliss-reactive ketones (excluding diaryl/α,β-unsaturated/α-hetero) is 1. The number of amides is 1. The highest BCUT2D eigenvalue weighted by Gasteiger charge is 2.23. The third kappa shape index (κ3) is 4.25. The normalized spacial score (nSPS) is 15.0. The molecule has 0 bridgehead atoms. The van der Waals surface area contributed by atoms with Crippen LogP contribution in [0.1, 0.15) is 53.4 Å². The summed E-state index contributed by atoms with van der Waals surface area (Å²) in [5.74, 6) is 1.77. The van der Waals surface area contributed by atoms with Crippen molar-refractivity contribution in [3.8, 4) is 0 Å². The lowest BCUT2D eigenvalue weighted by Gasteiger charge is -2.30. The molecule has 0 aliphatic carbocycles. The molecule has 6 heteroatoms. The predicted molar refractivity (Wildman–Crippen MR) is 101 cm³/mol. The predicted octanol–water partition coefficient (Wildman–Crippen LogP) is 3.60. The Hall–Kier alpha value is -2.76. The number of carbonyl (C=O) groups is 2. The molecule has 1 aliphatic rings. The van der Waals surface area contributed by atoms with E-state index in [9.17, 15) is 9.59 Å². The molecule has 1 aliphatic heterocycles. The second kappa shape index (κ2) is 7.64. The third-order valence-electron chi connectivity index (χ3n) is 4.69. The van der Waals surface area contributed by atoms with Crippen LogP contribution < -0.4 is 5.32 Å². The van der Waals surface area contributed by atoms with Crippen molar-refractivity contribution in [1.82, 2.24) is 14.9 Å². The Morgan fingerprint density at radius 1 is 1.12 bits per heavy atom. The Bertz CT molecular complexity index is 809. The van der Waals surface area contributed by atoms with Gasteiger partial charge in [-0.15, -0.1) is 0 Å². The molecule has 0 saturated carbocycles. The minimum Gasteiger partial charge on any atom is -0.340 e. The number of ketones is 1. The number of hydrogen-bond donors (Lipinski definition) is 1. The second-order valence-corrected chi connectivity index (χ2v) is 6.92. The van der Waals surface area contributed by atoms with Crippen LogP contribution >= 0.6 is 0 Å². The van der Waals surface area contributed by atoms with Gasteiger partial charge in [0, 0.05) is 30.4 Å². The molecule has 1 saturated heterocycles. The fraction of sp³-hybridized carbons (Fsp3) is 0.400. The molecule has 1 amide bonds. The van der Waals surface area contributed by atoms with Gasteiger partial charge in [0.15, 0.2) is 5.78 Å². The van der Waals surface area contributed by atoms with Crippen LogP contribution in [-0.4, -0.2) is 39.6 Å². The fourth-order valence-corrected chi connectivity index (χ4v) is 3.05. The van der Waals surface area contributed by atoms with E-state index < -0.39 is 0 Å². The van der Waals surface area contributed by atoms with Gasteiger partial charge in [0.25, 0.3) is 5.91 Å². The van der Waals surface area contributed by atoms with Crippen molar-refractivity contribution in [2.75, 3.05) is 18.4 Å². The van der Waals surface area contributed by atoms with E-state index in [2.05, 4.69) is 22.2 Å². The molecule has 26 heavy (non-hydrogen) atoms. The van der Waals surface area contributed by atoms with Gasteiger partial charge in [-0.05, 0) is 56.9 Å². The molecule has 1 N–H and O–H groups in total. The number of aromatic nitrogens is 2. The third-order valence-corrected chi connectivity index (χ3v) is 4.69. The van der Waals surface area contributed by atoms with Gasteiger partial charge in [-0.25, -0.2) is 9.97 Å². The van der Waals surface area contributed by atoms with Crippen LogP contribution in [0.4, 0.5) is 11.5 Å². The highest BCUT2D eigenvalue weighted by molar-refractivity contribution is 5.94. The van der Waals surface area contributed by atoms with Gasteiger partial charge < -0.3 is 10.2 Å². The summed E-state index contributed by atoms with van der Waals surface area (Å²) >= 11 is 0. The first-order valence-electron chi connectivity index (χ1n) is 8.95. The Labute approximate surface area is 153 Å². The van der Waals surface area contributed by atoms with Gasteiger partial charge >= 0.3 is 0 Å². The fourth-order valence-electron chi connectivity index (χ4n) is 3.05. The summed E-state index contributed by atoms with van der Waals surface area (Å²) in [5.41, 5.74) is 1.87. The SMILES string of the molecule is CC(=O)c1ccc(Nc2cc(C(=O)N3CCC(C)CC3)nc(C)n2)cc1. The summed E-state index contributed by atoms with van der Waals surface area (Å²) in [4.78, 5) is 34.7. The number of rotatable bonds is 4. The second-order valence-electron chi connectivity index (χ2n) is 6.92. The minimum atomic E-state index is -0.0441. The van der Waals surface area contributed by atoms with Crippen molar-refractivity contribution in [2.24, 2.45) is 5.92 Å². The van der Waals surface area contributed by atoms with Gasteiger partial charge in [-0.1, -0.05) is 6.92 Å². The molecule has 136 valence electrons. The molecule has 6 nitrogen and oxygen atoms in total. The molecule has 1 aromatic carbocycles. The number of piperidine rings is 1. The number of anilines is 2. The first-order chi connectivity index (χ1) is 12.4. The Kier molecular flexibility index (Phi) is 5.30. The van der Waals surface area contributed by atoms with E-state index >= 15 is 0 Å². The number of benzene rings is 1. The lowest BCUT2D eigenvalue weighted by molar-refractivity contribution is 0.0690.